The van der Waals surface area contributed by atoms with Crippen LogP contribution in [-0.2, 0) is 11.8 Å². The monoisotopic (exact) mass is 251 g/mol. The highest BCUT2D eigenvalue weighted by Crippen LogP contribution is 2.35. The van der Waals surface area contributed by atoms with Gasteiger partial charge in [-0.05, 0) is 22.6 Å². The van der Waals surface area contributed by atoms with Crippen LogP contribution in [0.2, 0.25) is 5.02 Å². The molecule has 0 aliphatic heterocycles. The number of nitriles is 1. The number of rotatable bonds is 2. The van der Waals surface area contributed by atoms with E-state index in [1.807, 2.05) is 26.8 Å². The van der Waals surface area contributed by atoms with Crippen molar-refractivity contribution >= 4 is 17.6 Å². The number of hydrogen-bond acceptors (Lipinski definition) is 2. The van der Waals surface area contributed by atoms with Crippen LogP contribution in [0.15, 0.2) is 12.1 Å². The predicted octanol–water partition coefficient (Wildman–Crippen LogP) is 3.40. The van der Waals surface area contributed by atoms with Gasteiger partial charge in [-0.2, -0.15) is 5.26 Å². The second-order valence-electron chi connectivity index (χ2n) is 4.85. The SMILES string of the molecule is CC(C)(C)c1c(C(=O)O)ccc(CC#N)c1Cl. The van der Waals surface area contributed by atoms with E-state index in [0.29, 0.717) is 16.1 Å². The summed E-state index contributed by atoms with van der Waals surface area (Å²) in [6.07, 6.45) is 0.182. The number of hydrogen-bond donors (Lipinski definition) is 1. The number of benzene rings is 1. The zero-order valence-electron chi connectivity index (χ0n) is 10.0. The summed E-state index contributed by atoms with van der Waals surface area (Å²) in [5.74, 6) is -1.000. The number of aromatic carboxylic acids is 1. The van der Waals surface area contributed by atoms with Gasteiger partial charge >= 0.3 is 5.97 Å². The van der Waals surface area contributed by atoms with Gasteiger partial charge in [0.1, 0.15) is 0 Å². The molecule has 1 aromatic rings. The molecule has 0 atom stereocenters. The molecule has 1 aromatic carbocycles. The maximum atomic E-state index is 11.2. The molecule has 4 heteroatoms. The lowest BCUT2D eigenvalue weighted by molar-refractivity contribution is 0.0694. The average molecular weight is 252 g/mol. The van der Waals surface area contributed by atoms with Crippen molar-refractivity contribution in [1.82, 2.24) is 0 Å². The number of halogens is 1. The Morgan fingerprint density at radius 2 is 2.06 bits per heavy atom. The molecule has 1 rings (SSSR count). The molecule has 0 aliphatic rings. The van der Waals surface area contributed by atoms with Crippen molar-refractivity contribution in [2.45, 2.75) is 32.6 Å². The van der Waals surface area contributed by atoms with Gasteiger partial charge in [-0.1, -0.05) is 38.4 Å². The Bertz CT molecular complexity index is 495. The third-order valence-electron chi connectivity index (χ3n) is 2.47. The third-order valence-corrected chi connectivity index (χ3v) is 2.90. The van der Waals surface area contributed by atoms with E-state index in [4.69, 9.17) is 22.0 Å². The molecule has 0 heterocycles. The zero-order chi connectivity index (χ0) is 13.2. The quantitative estimate of drug-likeness (QED) is 0.876. The van der Waals surface area contributed by atoms with Crippen molar-refractivity contribution in [3.63, 3.8) is 0 Å². The molecule has 0 bridgehead atoms. The highest BCUT2D eigenvalue weighted by Gasteiger charge is 2.26. The largest absolute Gasteiger partial charge is 0.478 e. The highest BCUT2D eigenvalue weighted by molar-refractivity contribution is 6.32. The van der Waals surface area contributed by atoms with Gasteiger partial charge in [0.05, 0.1) is 18.1 Å². The molecule has 0 radical (unpaired) electrons. The summed E-state index contributed by atoms with van der Waals surface area (Å²) < 4.78 is 0. The van der Waals surface area contributed by atoms with Gasteiger partial charge in [-0.25, -0.2) is 4.79 Å². The molecule has 0 saturated carbocycles. The smallest absolute Gasteiger partial charge is 0.336 e. The first kappa shape index (κ1) is 13.5. The van der Waals surface area contributed by atoms with E-state index in [0.717, 1.165) is 0 Å². The van der Waals surface area contributed by atoms with Crippen LogP contribution in [0.1, 0.15) is 42.3 Å². The number of carbonyl (C=O) groups is 1. The molecular formula is C13H14ClNO2. The summed E-state index contributed by atoms with van der Waals surface area (Å²) in [6, 6.07) is 5.14. The Balaban J connectivity index is 3.55. The molecule has 1 N–H and O–H groups in total. The van der Waals surface area contributed by atoms with E-state index in [1.165, 1.54) is 6.07 Å². The summed E-state index contributed by atoms with van der Waals surface area (Å²) in [5, 5.41) is 18.2. The molecule has 0 aromatic heterocycles. The Kier molecular flexibility index (Phi) is 3.79. The van der Waals surface area contributed by atoms with Crippen molar-refractivity contribution in [3.8, 4) is 6.07 Å². The van der Waals surface area contributed by atoms with Crippen molar-refractivity contribution in [2.24, 2.45) is 0 Å². The fraction of sp³-hybridized carbons (Fsp3) is 0.385. The van der Waals surface area contributed by atoms with E-state index in [-0.39, 0.29) is 17.4 Å². The zero-order valence-corrected chi connectivity index (χ0v) is 10.8. The minimum atomic E-state index is -1.000. The van der Waals surface area contributed by atoms with E-state index in [2.05, 4.69) is 0 Å². The fourth-order valence-electron chi connectivity index (χ4n) is 1.75. The second-order valence-corrected chi connectivity index (χ2v) is 5.23. The minimum absolute atomic E-state index is 0.182. The Morgan fingerprint density at radius 1 is 1.47 bits per heavy atom. The van der Waals surface area contributed by atoms with E-state index < -0.39 is 5.97 Å². The van der Waals surface area contributed by atoms with Crippen LogP contribution in [0, 0.1) is 11.3 Å². The lowest BCUT2D eigenvalue weighted by Gasteiger charge is -2.24. The molecule has 90 valence electrons. The van der Waals surface area contributed by atoms with Crippen LogP contribution in [0.3, 0.4) is 0 Å². The van der Waals surface area contributed by atoms with Crippen LogP contribution < -0.4 is 0 Å². The maximum absolute atomic E-state index is 11.2. The average Bonchev–Trinajstić information content (AvgIpc) is 2.18. The van der Waals surface area contributed by atoms with Crippen LogP contribution in [0.4, 0.5) is 0 Å². The van der Waals surface area contributed by atoms with E-state index in [1.54, 1.807) is 6.07 Å². The van der Waals surface area contributed by atoms with E-state index >= 15 is 0 Å². The van der Waals surface area contributed by atoms with Gasteiger partial charge in [0.2, 0.25) is 0 Å². The first-order chi connectivity index (χ1) is 7.79. The molecule has 0 amide bonds. The van der Waals surface area contributed by atoms with Crippen molar-refractivity contribution in [3.05, 3.63) is 33.8 Å². The highest BCUT2D eigenvalue weighted by atomic mass is 35.5. The first-order valence-corrected chi connectivity index (χ1v) is 5.59. The Morgan fingerprint density at radius 3 is 2.47 bits per heavy atom. The van der Waals surface area contributed by atoms with Crippen LogP contribution in [0.5, 0.6) is 0 Å². The number of nitrogens with zero attached hydrogens (tertiary/aromatic N) is 1. The van der Waals surface area contributed by atoms with Crippen LogP contribution in [-0.4, -0.2) is 11.1 Å². The molecule has 17 heavy (non-hydrogen) atoms. The van der Waals surface area contributed by atoms with Crippen molar-refractivity contribution in [1.29, 1.82) is 5.26 Å². The predicted molar refractivity (Wildman–Crippen MR) is 66.4 cm³/mol. The molecule has 0 spiro atoms. The van der Waals surface area contributed by atoms with Gasteiger partial charge in [-0.15, -0.1) is 0 Å². The first-order valence-electron chi connectivity index (χ1n) is 5.21. The van der Waals surface area contributed by atoms with Gasteiger partial charge in [0.15, 0.2) is 0 Å². The summed E-state index contributed by atoms with van der Waals surface area (Å²) in [4.78, 5) is 11.2. The molecule has 3 nitrogen and oxygen atoms in total. The summed E-state index contributed by atoms with van der Waals surface area (Å²) in [7, 11) is 0. The second kappa shape index (κ2) is 4.77. The maximum Gasteiger partial charge on any atom is 0.336 e. The summed E-state index contributed by atoms with van der Waals surface area (Å²) in [6.45, 7) is 5.70. The summed E-state index contributed by atoms with van der Waals surface area (Å²) >= 11 is 6.21. The number of carboxylic acid groups (broad SMARTS) is 1. The Hall–Kier alpha value is -1.53. The van der Waals surface area contributed by atoms with E-state index in [9.17, 15) is 4.79 Å². The normalized spacial score (nSPS) is 11.0. The van der Waals surface area contributed by atoms with Crippen LogP contribution >= 0.6 is 11.6 Å². The summed E-state index contributed by atoms with van der Waals surface area (Å²) in [5.41, 5.74) is 1.07. The number of carboxylic acids is 1. The van der Waals surface area contributed by atoms with Crippen molar-refractivity contribution in [2.75, 3.05) is 0 Å². The molecule has 0 saturated heterocycles. The van der Waals surface area contributed by atoms with Gasteiger partial charge in [0, 0.05) is 5.02 Å². The van der Waals surface area contributed by atoms with Gasteiger partial charge in [0.25, 0.3) is 0 Å². The van der Waals surface area contributed by atoms with Gasteiger partial charge < -0.3 is 5.11 Å². The standard InChI is InChI=1S/C13H14ClNO2/c1-13(2,3)10-9(12(16)17)5-4-8(6-7-15)11(10)14/h4-5H,6H2,1-3H3,(H,16,17). The molecular weight excluding hydrogens is 238 g/mol. The third kappa shape index (κ3) is 2.78. The fourth-order valence-corrected chi connectivity index (χ4v) is 2.27. The molecule has 0 aliphatic carbocycles. The Labute approximate surface area is 106 Å². The molecule has 0 fully saturated rings. The lowest BCUT2D eigenvalue weighted by Crippen LogP contribution is -2.18. The van der Waals surface area contributed by atoms with Crippen molar-refractivity contribution < 1.29 is 9.90 Å². The van der Waals surface area contributed by atoms with Crippen LogP contribution in [0.25, 0.3) is 0 Å². The lowest BCUT2D eigenvalue weighted by atomic mass is 9.82. The van der Waals surface area contributed by atoms with Gasteiger partial charge in [-0.3, -0.25) is 0 Å². The topological polar surface area (TPSA) is 61.1 Å². The minimum Gasteiger partial charge on any atom is -0.478 e. The molecule has 0 unspecified atom stereocenters.